The molecule has 1 aliphatic rings. The molecule has 0 unspecified atom stereocenters. The predicted octanol–water partition coefficient (Wildman–Crippen LogP) is 2.76. The minimum absolute atomic E-state index is 0.0627. The lowest BCUT2D eigenvalue weighted by molar-refractivity contribution is -0.137. The molecule has 0 aromatic carbocycles. The summed E-state index contributed by atoms with van der Waals surface area (Å²) in [4.78, 5) is 22.2. The Hall–Kier alpha value is -1.26. The Morgan fingerprint density at radius 1 is 1.20 bits per heavy atom. The molecule has 0 aromatic heterocycles. The van der Waals surface area contributed by atoms with Crippen molar-refractivity contribution in [2.75, 3.05) is 13.1 Å². The molecule has 5 heteroatoms. The molecule has 0 heterocycles. The number of carboxylic acids is 1. The molecule has 20 heavy (non-hydrogen) atoms. The number of hydrogen-bond donors (Lipinski definition) is 3. The van der Waals surface area contributed by atoms with Crippen LogP contribution in [0.1, 0.15) is 59.3 Å². The van der Waals surface area contributed by atoms with Crippen LogP contribution in [0.2, 0.25) is 0 Å². The van der Waals surface area contributed by atoms with Crippen molar-refractivity contribution in [1.29, 1.82) is 0 Å². The second kappa shape index (κ2) is 6.95. The topological polar surface area (TPSA) is 78.4 Å². The molecule has 0 bridgehead atoms. The summed E-state index contributed by atoms with van der Waals surface area (Å²) in [6, 6.07) is -0.112. The van der Waals surface area contributed by atoms with Gasteiger partial charge in [-0.2, -0.15) is 0 Å². The average molecular weight is 284 g/mol. The molecule has 0 atom stereocenters. The van der Waals surface area contributed by atoms with E-state index in [1.165, 1.54) is 12.8 Å². The van der Waals surface area contributed by atoms with Gasteiger partial charge in [0.2, 0.25) is 0 Å². The first-order valence-electron chi connectivity index (χ1n) is 7.52. The highest BCUT2D eigenvalue weighted by Crippen LogP contribution is 2.47. The number of hydrogen-bond acceptors (Lipinski definition) is 2. The molecule has 5 nitrogen and oxygen atoms in total. The lowest BCUT2D eigenvalue weighted by atomic mass is 9.84. The molecule has 1 saturated carbocycles. The molecule has 0 radical (unpaired) electrons. The third-order valence-electron chi connectivity index (χ3n) is 4.43. The van der Waals surface area contributed by atoms with Crippen LogP contribution < -0.4 is 10.6 Å². The summed E-state index contributed by atoms with van der Waals surface area (Å²) in [5.41, 5.74) is 0.297. The SMILES string of the molecule is CCC1(CNC(=O)NCCC(C)(C)CCC(=O)O)CC1. The molecule has 1 aliphatic carbocycles. The van der Waals surface area contributed by atoms with Gasteiger partial charge in [-0.3, -0.25) is 4.79 Å². The van der Waals surface area contributed by atoms with Crippen molar-refractivity contribution in [3.63, 3.8) is 0 Å². The fourth-order valence-corrected chi connectivity index (χ4v) is 2.25. The standard InChI is InChI=1S/C15H28N2O3/c1-4-15(7-8-15)11-17-13(20)16-10-9-14(2,3)6-5-12(18)19/h4-11H2,1-3H3,(H,18,19)(H2,16,17,20). The van der Waals surface area contributed by atoms with Crippen LogP contribution >= 0.6 is 0 Å². The van der Waals surface area contributed by atoms with Gasteiger partial charge in [0.25, 0.3) is 0 Å². The molecule has 0 saturated heterocycles. The van der Waals surface area contributed by atoms with E-state index in [9.17, 15) is 9.59 Å². The number of carbonyl (C=O) groups excluding carboxylic acids is 1. The summed E-state index contributed by atoms with van der Waals surface area (Å²) < 4.78 is 0. The van der Waals surface area contributed by atoms with Gasteiger partial charge in [-0.15, -0.1) is 0 Å². The Bertz CT molecular complexity index is 349. The van der Waals surface area contributed by atoms with Crippen molar-refractivity contribution in [2.45, 2.75) is 59.3 Å². The maximum Gasteiger partial charge on any atom is 0.314 e. The molecule has 2 amide bonds. The fraction of sp³-hybridized carbons (Fsp3) is 0.867. The van der Waals surface area contributed by atoms with Crippen molar-refractivity contribution in [3.05, 3.63) is 0 Å². The Morgan fingerprint density at radius 3 is 2.35 bits per heavy atom. The zero-order chi connectivity index (χ0) is 15.2. The Morgan fingerprint density at radius 2 is 1.85 bits per heavy atom. The average Bonchev–Trinajstić information content (AvgIpc) is 3.15. The van der Waals surface area contributed by atoms with E-state index in [4.69, 9.17) is 5.11 Å². The molecule has 1 rings (SSSR count). The van der Waals surface area contributed by atoms with Gasteiger partial charge in [0.05, 0.1) is 0 Å². The third-order valence-corrected chi connectivity index (χ3v) is 4.43. The number of aliphatic carboxylic acids is 1. The highest BCUT2D eigenvalue weighted by atomic mass is 16.4. The quantitative estimate of drug-likeness (QED) is 0.609. The predicted molar refractivity (Wildman–Crippen MR) is 78.6 cm³/mol. The van der Waals surface area contributed by atoms with E-state index in [2.05, 4.69) is 17.6 Å². The Kier molecular flexibility index (Phi) is 5.84. The number of urea groups is 1. The lowest BCUT2D eigenvalue weighted by Crippen LogP contribution is -2.40. The highest BCUT2D eigenvalue weighted by Gasteiger charge is 2.40. The highest BCUT2D eigenvalue weighted by molar-refractivity contribution is 5.73. The van der Waals surface area contributed by atoms with Crippen molar-refractivity contribution >= 4 is 12.0 Å². The smallest absolute Gasteiger partial charge is 0.314 e. The molecular formula is C15H28N2O3. The van der Waals surface area contributed by atoms with Gasteiger partial charge in [-0.05, 0) is 42.9 Å². The fourth-order valence-electron chi connectivity index (χ4n) is 2.25. The number of carboxylic acid groups (broad SMARTS) is 1. The van der Waals surface area contributed by atoms with Gasteiger partial charge < -0.3 is 15.7 Å². The number of nitrogens with one attached hydrogen (secondary N) is 2. The van der Waals surface area contributed by atoms with E-state index in [0.717, 1.165) is 19.4 Å². The van der Waals surface area contributed by atoms with Crippen LogP contribution in [0.25, 0.3) is 0 Å². The van der Waals surface area contributed by atoms with Crippen LogP contribution in [-0.4, -0.2) is 30.2 Å². The van der Waals surface area contributed by atoms with Gasteiger partial charge in [0.1, 0.15) is 0 Å². The van der Waals surface area contributed by atoms with E-state index in [1.54, 1.807) is 0 Å². The van der Waals surface area contributed by atoms with Gasteiger partial charge >= 0.3 is 12.0 Å². The number of carbonyl (C=O) groups is 2. The summed E-state index contributed by atoms with van der Waals surface area (Å²) in [5, 5.41) is 14.5. The first-order chi connectivity index (χ1) is 9.29. The molecule has 0 aromatic rings. The zero-order valence-electron chi connectivity index (χ0n) is 12.9. The summed E-state index contributed by atoms with van der Waals surface area (Å²) in [7, 11) is 0. The van der Waals surface area contributed by atoms with Crippen LogP contribution in [0.15, 0.2) is 0 Å². The van der Waals surface area contributed by atoms with Gasteiger partial charge in [0, 0.05) is 19.5 Å². The Labute approximate surface area is 121 Å². The van der Waals surface area contributed by atoms with E-state index >= 15 is 0 Å². The number of amides is 2. The Balaban J connectivity index is 2.13. The summed E-state index contributed by atoms with van der Waals surface area (Å²) in [5.74, 6) is -0.766. The minimum Gasteiger partial charge on any atom is -0.481 e. The molecule has 1 fully saturated rings. The van der Waals surface area contributed by atoms with Crippen molar-refractivity contribution in [3.8, 4) is 0 Å². The summed E-state index contributed by atoms with van der Waals surface area (Å²) >= 11 is 0. The molecule has 0 spiro atoms. The lowest BCUT2D eigenvalue weighted by Gasteiger charge is -2.24. The maximum atomic E-state index is 11.7. The van der Waals surface area contributed by atoms with Gasteiger partial charge in [-0.25, -0.2) is 4.79 Å². The summed E-state index contributed by atoms with van der Waals surface area (Å²) in [6.45, 7) is 7.57. The number of rotatable bonds is 9. The van der Waals surface area contributed by atoms with Crippen LogP contribution in [0.4, 0.5) is 4.79 Å². The first kappa shape index (κ1) is 16.8. The minimum atomic E-state index is -0.766. The largest absolute Gasteiger partial charge is 0.481 e. The maximum absolute atomic E-state index is 11.7. The van der Waals surface area contributed by atoms with Crippen LogP contribution in [0.5, 0.6) is 0 Å². The zero-order valence-corrected chi connectivity index (χ0v) is 12.9. The van der Waals surface area contributed by atoms with Crippen LogP contribution in [0.3, 0.4) is 0 Å². The second-order valence-corrected chi connectivity index (χ2v) is 6.77. The van der Waals surface area contributed by atoms with Gasteiger partial charge in [-0.1, -0.05) is 20.8 Å². The molecular weight excluding hydrogens is 256 g/mol. The first-order valence-corrected chi connectivity index (χ1v) is 7.52. The van der Waals surface area contributed by atoms with Crippen molar-refractivity contribution in [1.82, 2.24) is 10.6 Å². The molecule has 3 N–H and O–H groups in total. The van der Waals surface area contributed by atoms with Crippen molar-refractivity contribution in [2.24, 2.45) is 10.8 Å². The second-order valence-electron chi connectivity index (χ2n) is 6.77. The van der Waals surface area contributed by atoms with E-state index in [-0.39, 0.29) is 17.9 Å². The normalized spacial score (nSPS) is 16.6. The van der Waals surface area contributed by atoms with Gasteiger partial charge in [0.15, 0.2) is 0 Å². The van der Waals surface area contributed by atoms with E-state index in [0.29, 0.717) is 18.4 Å². The van der Waals surface area contributed by atoms with Crippen LogP contribution in [0, 0.1) is 10.8 Å². The third kappa shape index (κ3) is 6.26. The monoisotopic (exact) mass is 284 g/mol. The van der Waals surface area contributed by atoms with Crippen LogP contribution in [-0.2, 0) is 4.79 Å². The van der Waals surface area contributed by atoms with E-state index < -0.39 is 5.97 Å². The van der Waals surface area contributed by atoms with Crippen molar-refractivity contribution < 1.29 is 14.7 Å². The molecule has 0 aliphatic heterocycles. The molecule has 116 valence electrons. The van der Waals surface area contributed by atoms with E-state index in [1.807, 2.05) is 13.8 Å². The summed E-state index contributed by atoms with van der Waals surface area (Å²) in [6.07, 6.45) is 5.14.